The molecular formula is C18H19ClO. The summed E-state index contributed by atoms with van der Waals surface area (Å²) >= 11 is 6.58. The Balaban J connectivity index is 2.13. The Kier molecular flexibility index (Phi) is 5.69. The van der Waals surface area contributed by atoms with Gasteiger partial charge in [0.25, 0.3) is 0 Å². The third-order valence-corrected chi connectivity index (χ3v) is 3.58. The second kappa shape index (κ2) is 7.76. The lowest BCUT2D eigenvalue weighted by atomic mass is 10.0. The Labute approximate surface area is 125 Å². The largest absolute Gasteiger partial charge is 0.493 e. The normalized spacial score (nSPS) is 11.8. The van der Waals surface area contributed by atoms with Crippen molar-refractivity contribution in [1.82, 2.24) is 0 Å². The van der Waals surface area contributed by atoms with Crippen molar-refractivity contribution in [3.8, 4) is 5.75 Å². The first-order valence-corrected chi connectivity index (χ1v) is 7.28. The van der Waals surface area contributed by atoms with Crippen molar-refractivity contribution >= 4 is 11.6 Å². The van der Waals surface area contributed by atoms with Crippen LogP contribution in [0.5, 0.6) is 5.75 Å². The Morgan fingerprint density at radius 2 is 1.75 bits per heavy atom. The van der Waals surface area contributed by atoms with Gasteiger partial charge in [-0.15, -0.1) is 18.2 Å². The van der Waals surface area contributed by atoms with Gasteiger partial charge in [-0.2, -0.15) is 0 Å². The van der Waals surface area contributed by atoms with E-state index >= 15 is 0 Å². The van der Waals surface area contributed by atoms with Crippen molar-refractivity contribution in [2.24, 2.45) is 0 Å². The summed E-state index contributed by atoms with van der Waals surface area (Å²) in [6, 6.07) is 18.0. The molecule has 0 heterocycles. The number of rotatable bonds is 7. The molecule has 0 amide bonds. The Morgan fingerprint density at radius 1 is 1.05 bits per heavy atom. The van der Waals surface area contributed by atoms with Crippen LogP contribution in [-0.4, -0.2) is 6.61 Å². The maximum absolute atomic E-state index is 6.58. The van der Waals surface area contributed by atoms with E-state index in [1.807, 2.05) is 60.7 Å². The van der Waals surface area contributed by atoms with Gasteiger partial charge >= 0.3 is 0 Å². The molecule has 104 valence electrons. The number of halogens is 1. The Morgan fingerprint density at radius 3 is 2.50 bits per heavy atom. The van der Waals surface area contributed by atoms with E-state index in [0.29, 0.717) is 6.61 Å². The highest BCUT2D eigenvalue weighted by Gasteiger charge is 2.14. The summed E-state index contributed by atoms with van der Waals surface area (Å²) in [5.74, 6) is 0.861. The molecule has 0 aliphatic carbocycles. The summed E-state index contributed by atoms with van der Waals surface area (Å²) in [5, 5.41) is -0.188. The van der Waals surface area contributed by atoms with Crippen molar-refractivity contribution < 1.29 is 4.74 Å². The number of para-hydroxylation sites is 1. The number of benzene rings is 2. The van der Waals surface area contributed by atoms with Gasteiger partial charge in [-0.25, -0.2) is 0 Å². The number of hydrogen-bond donors (Lipinski definition) is 0. The van der Waals surface area contributed by atoms with Gasteiger partial charge in [-0.3, -0.25) is 0 Å². The molecular weight excluding hydrogens is 268 g/mol. The topological polar surface area (TPSA) is 9.23 Å². The van der Waals surface area contributed by atoms with Gasteiger partial charge in [0.15, 0.2) is 0 Å². The van der Waals surface area contributed by atoms with Gasteiger partial charge in [-0.1, -0.05) is 54.6 Å². The Hall–Kier alpha value is -1.73. The highest BCUT2D eigenvalue weighted by Crippen LogP contribution is 2.34. The quantitative estimate of drug-likeness (QED) is 0.378. The van der Waals surface area contributed by atoms with Crippen LogP contribution in [0.3, 0.4) is 0 Å². The molecule has 1 atom stereocenters. The second-order valence-corrected chi connectivity index (χ2v) is 5.03. The van der Waals surface area contributed by atoms with Crippen molar-refractivity contribution in [3.63, 3.8) is 0 Å². The fourth-order valence-electron chi connectivity index (χ4n) is 2.03. The average molecular weight is 287 g/mol. The van der Waals surface area contributed by atoms with E-state index in [2.05, 4.69) is 6.58 Å². The number of ether oxygens (including phenoxy) is 1. The van der Waals surface area contributed by atoms with E-state index in [1.54, 1.807) is 0 Å². The molecule has 0 radical (unpaired) electrons. The van der Waals surface area contributed by atoms with Crippen molar-refractivity contribution in [3.05, 3.63) is 78.4 Å². The molecule has 0 bridgehead atoms. The summed E-state index contributed by atoms with van der Waals surface area (Å²) < 4.78 is 5.85. The third kappa shape index (κ3) is 3.88. The summed E-state index contributed by atoms with van der Waals surface area (Å²) in [7, 11) is 0. The molecule has 0 saturated heterocycles. The number of allylic oxidation sites excluding steroid dienone is 1. The van der Waals surface area contributed by atoms with Crippen LogP contribution in [0.1, 0.15) is 29.3 Å². The van der Waals surface area contributed by atoms with E-state index < -0.39 is 0 Å². The van der Waals surface area contributed by atoms with Gasteiger partial charge in [0, 0.05) is 5.56 Å². The van der Waals surface area contributed by atoms with Crippen LogP contribution in [0.4, 0.5) is 0 Å². The molecule has 20 heavy (non-hydrogen) atoms. The standard InChI is InChI=1S/C18H19ClO/c1-2-3-9-14-20-17-13-8-7-12-16(17)18(19)15-10-5-4-6-11-15/h2,4-8,10-13,18H,1,3,9,14H2. The molecule has 0 aliphatic heterocycles. The molecule has 1 unspecified atom stereocenters. The predicted octanol–water partition coefficient (Wildman–Crippen LogP) is 5.36. The summed E-state index contributed by atoms with van der Waals surface area (Å²) in [5.41, 5.74) is 2.09. The molecule has 0 aromatic heterocycles. The zero-order chi connectivity index (χ0) is 14.2. The molecule has 0 saturated carbocycles. The molecule has 2 rings (SSSR count). The maximum atomic E-state index is 6.58. The summed E-state index contributed by atoms with van der Waals surface area (Å²) in [4.78, 5) is 0. The fraction of sp³-hybridized carbons (Fsp3) is 0.222. The van der Waals surface area contributed by atoms with Crippen molar-refractivity contribution in [2.75, 3.05) is 6.61 Å². The van der Waals surface area contributed by atoms with E-state index in [-0.39, 0.29) is 5.38 Å². The predicted molar refractivity (Wildman–Crippen MR) is 85.5 cm³/mol. The van der Waals surface area contributed by atoms with Gasteiger partial charge < -0.3 is 4.74 Å². The monoisotopic (exact) mass is 286 g/mol. The third-order valence-electron chi connectivity index (χ3n) is 3.09. The van der Waals surface area contributed by atoms with Crippen LogP contribution in [-0.2, 0) is 0 Å². The Bertz CT molecular complexity index is 536. The zero-order valence-electron chi connectivity index (χ0n) is 11.5. The number of unbranched alkanes of at least 4 members (excludes halogenated alkanes) is 1. The van der Waals surface area contributed by atoms with Crippen LogP contribution in [0.15, 0.2) is 67.3 Å². The van der Waals surface area contributed by atoms with E-state index in [9.17, 15) is 0 Å². The minimum Gasteiger partial charge on any atom is -0.493 e. The summed E-state index contributed by atoms with van der Waals surface area (Å²) in [6.45, 7) is 4.40. The smallest absolute Gasteiger partial charge is 0.124 e. The highest BCUT2D eigenvalue weighted by atomic mass is 35.5. The van der Waals surface area contributed by atoms with Crippen LogP contribution in [0.2, 0.25) is 0 Å². The zero-order valence-corrected chi connectivity index (χ0v) is 12.2. The summed E-state index contributed by atoms with van der Waals surface area (Å²) in [6.07, 6.45) is 3.84. The van der Waals surface area contributed by atoms with E-state index in [0.717, 1.165) is 29.7 Å². The van der Waals surface area contributed by atoms with Crippen LogP contribution in [0.25, 0.3) is 0 Å². The van der Waals surface area contributed by atoms with Crippen LogP contribution < -0.4 is 4.74 Å². The van der Waals surface area contributed by atoms with Crippen LogP contribution in [0, 0.1) is 0 Å². The van der Waals surface area contributed by atoms with Gasteiger partial charge in [0.1, 0.15) is 5.75 Å². The maximum Gasteiger partial charge on any atom is 0.124 e. The van der Waals surface area contributed by atoms with Crippen molar-refractivity contribution in [1.29, 1.82) is 0 Å². The SMILES string of the molecule is C=CCCCOc1ccccc1C(Cl)c1ccccc1. The fourth-order valence-corrected chi connectivity index (χ4v) is 2.36. The molecule has 1 nitrogen and oxygen atoms in total. The molecule has 0 fully saturated rings. The lowest BCUT2D eigenvalue weighted by molar-refractivity contribution is 0.309. The molecule has 0 aliphatic rings. The van der Waals surface area contributed by atoms with Crippen molar-refractivity contribution in [2.45, 2.75) is 18.2 Å². The molecule has 2 aromatic carbocycles. The molecule has 2 aromatic rings. The van der Waals surface area contributed by atoms with Gasteiger partial charge in [0.05, 0.1) is 12.0 Å². The number of alkyl halides is 1. The van der Waals surface area contributed by atoms with Gasteiger partial charge in [0.2, 0.25) is 0 Å². The first kappa shape index (κ1) is 14.7. The first-order valence-electron chi connectivity index (χ1n) is 6.84. The number of hydrogen-bond acceptors (Lipinski definition) is 1. The molecule has 0 N–H and O–H groups in total. The lowest BCUT2D eigenvalue weighted by Gasteiger charge is -2.15. The second-order valence-electron chi connectivity index (χ2n) is 4.59. The van der Waals surface area contributed by atoms with Crippen LogP contribution >= 0.6 is 11.6 Å². The highest BCUT2D eigenvalue weighted by molar-refractivity contribution is 6.22. The van der Waals surface area contributed by atoms with E-state index in [1.165, 1.54) is 0 Å². The van der Waals surface area contributed by atoms with E-state index in [4.69, 9.17) is 16.3 Å². The lowest BCUT2D eigenvalue weighted by Crippen LogP contribution is -2.02. The van der Waals surface area contributed by atoms with Gasteiger partial charge in [-0.05, 0) is 24.5 Å². The molecule has 0 spiro atoms. The molecule has 2 heteroatoms. The average Bonchev–Trinajstić information content (AvgIpc) is 2.52. The minimum atomic E-state index is -0.188. The minimum absolute atomic E-state index is 0.188. The first-order chi connectivity index (χ1) is 9.83.